The van der Waals surface area contributed by atoms with Crippen molar-refractivity contribution < 1.29 is 8.91 Å². The number of halogens is 1. The predicted octanol–water partition coefficient (Wildman–Crippen LogP) is 4.04. The normalized spacial score (nSPS) is 10.7. The van der Waals surface area contributed by atoms with E-state index in [4.69, 9.17) is 10.3 Å². The molecule has 0 unspecified atom stereocenters. The Morgan fingerprint density at radius 1 is 1.05 bits per heavy atom. The summed E-state index contributed by atoms with van der Waals surface area (Å²) in [5.74, 6) is 0.244. The molecule has 0 spiro atoms. The Balaban J connectivity index is 2.20. The van der Waals surface area contributed by atoms with Crippen LogP contribution in [0.2, 0.25) is 0 Å². The fourth-order valence-electron chi connectivity index (χ4n) is 2.13. The van der Waals surface area contributed by atoms with E-state index in [9.17, 15) is 4.39 Å². The minimum absolute atomic E-state index is 0.257. The highest BCUT2D eigenvalue weighted by molar-refractivity contribution is 5.86. The fourth-order valence-corrected chi connectivity index (χ4v) is 2.13. The Morgan fingerprint density at radius 3 is 2.45 bits per heavy atom. The van der Waals surface area contributed by atoms with Gasteiger partial charge in [0.1, 0.15) is 5.82 Å². The second kappa shape index (κ2) is 4.81. The lowest BCUT2D eigenvalue weighted by Gasteiger charge is -2.04. The minimum Gasteiger partial charge on any atom is -0.380 e. The van der Waals surface area contributed by atoms with Gasteiger partial charge in [-0.05, 0) is 24.6 Å². The highest BCUT2D eigenvalue weighted by Gasteiger charge is 2.19. The Bertz CT molecular complexity index is 747. The summed E-state index contributed by atoms with van der Waals surface area (Å²) < 4.78 is 19.1. The Hall–Kier alpha value is -2.62. The van der Waals surface area contributed by atoms with Gasteiger partial charge in [0.2, 0.25) is 0 Å². The van der Waals surface area contributed by atoms with Gasteiger partial charge in [-0.2, -0.15) is 0 Å². The van der Waals surface area contributed by atoms with E-state index in [1.807, 2.05) is 31.2 Å². The van der Waals surface area contributed by atoms with E-state index in [1.54, 1.807) is 18.2 Å². The van der Waals surface area contributed by atoms with Crippen LogP contribution < -0.4 is 5.73 Å². The van der Waals surface area contributed by atoms with Crippen molar-refractivity contribution in [3.05, 3.63) is 59.9 Å². The molecule has 0 bridgehead atoms. The first-order valence-corrected chi connectivity index (χ1v) is 6.24. The number of nitrogens with two attached hydrogens (primary N) is 1. The molecule has 0 fully saturated rings. The average molecular weight is 268 g/mol. The summed E-state index contributed by atoms with van der Waals surface area (Å²) in [6, 6.07) is 14.2. The highest BCUT2D eigenvalue weighted by Crippen LogP contribution is 2.37. The van der Waals surface area contributed by atoms with Crippen LogP contribution >= 0.6 is 0 Å². The van der Waals surface area contributed by atoms with Gasteiger partial charge in [-0.15, -0.1) is 0 Å². The van der Waals surface area contributed by atoms with E-state index >= 15 is 0 Å². The lowest BCUT2D eigenvalue weighted by molar-refractivity contribution is 0.433. The number of nitrogen functional groups attached to an aromatic ring is 1. The molecule has 1 heterocycles. The van der Waals surface area contributed by atoms with Crippen molar-refractivity contribution in [2.24, 2.45) is 0 Å². The number of hydrogen-bond acceptors (Lipinski definition) is 3. The van der Waals surface area contributed by atoms with Crippen LogP contribution in [0.4, 0.5) is 10.2 Å². The molecule has 3 rings (SSSR count). The molecule has 0 amide bonds. The Morgan fingerprint density at radius 2 is 1.75 bits per heavy atom. The van der Waals surface area contributed by atoms with Crippen molar-refractivity contribution in [3.8, 4) is 22.5 Å². The molecule has 1 aromatic heterocycles. The second-order valence-corrected chi connectivity index (χ2v) is 4.62. The number of rotatable bonds is 2. The largest absolute Gasteiger partial charge is 0.380 e. The monoisotopic (exact) mass is 268 g/mol. The van der Waals surface area contributed by atoms with Gasteiger partial charge >= 0.3 is 0 Å². The molecule has 20 heavy (non-hydrogen) atoms. The number of nitrogens with zero attached hydrogens (tertiary/aromatic N) is 1. The molecule has 0 radical (unpaired) electrons. The number of aromatic nitrogens is 1. The summed E-state index contributed by atoms with van der Waals surface area (Å²) in [7, 11) is 0. The third-order valence-electron chi connectivity index (χ3n) is 3.18. The molecule has 0 saturated heterocycles. The highest BCUT2D eigenvalue weighted by atomic mass is 19.1. The Labute approximate surface area is 115 Å². The maximum atomic E-state index is 13.9. The molecule has 0 aliphatic rings. The Kier molecular flexibility index (Phi) is 2.99. The molecule has 0 aliphatic heterocycles. The first-order valence-electron chi connectivity index (χ1n) is 6.24. The van der Waals surface area contributed by atoms with E-state index in [2.05, 4.69) is 5.16 Å². The van der Waals surface area contributed by atoms with Crippen molar-refractivity contribution in [2.75, 3.05) is 5.73 Å². The first-order chi connectivity index (χ1) is 9.66. The minimum atomic E-state index is -0.364. The van der Waals surface area contributed by atoms with Crippen LogP contribution in [0.5, 0.6) is 0 Å². The van der Waals surface area contributed by atoms with E-state index in [0.717, 1.165) is 11.1 Å². The van der Waals surface area contributed by atoms with Crippen LogP contribution in [0.1, 0.15) is 5.56 Å². The molecule has 0 aliphatic carbocycles. The zero-order valence-corrected chi connectivity index (χ0v) is 10.9. The molecular formula is C16H13FN2O. The van der Waals surface area contributed by atoms with Crippen molar-refractivity contribution in [1.82, 2.24) is 5.16 Å². The maximum absolute atomic E-state index is 13.9. The van der Waals surface area contributed by atoms with E-state index in [-0.39, 0.29) is 11.6 Å². The van der Waals surface area contributed by atoms with Crippen LogP contribution in [0.15, 0.2) is 53.1 Å². The predicted molar refractivity (Wildman–Crippen MR) is 76.5 cm³/mol. The molecule has 3 nitrogen and oxygen atoms in total. The van der Waals surface area contributed by atoms with Gasteiger partial charge in [-0.3, -0.25) is 0 Å². The lowest BCUT2D eigenvalue weighted by atomic mass is 10.0. The van der Waals surface area contributed by atoms with Crippen molar-refractivity contribution in [3.63, 3.8) is 0 Å². The number of aryl methyl sites for hydroxylation is 1. The molecule has 0 atom stereocenters. The standard InChI is InChI=1S/C16H13FN2O/c1-10-6-8-11(9-7-10)14-15(20-19-16(14)18)12-4-2-3-5-13(12)17/h2-9H,1H3,(H2,18,19). The summed E-state index contributed by atoms with van der Waals surface area (Å²) in [4.78, 5) is 0. The van der Waals surface area contributed by atoms with Crippen LogP contribution in [0.25, 0.3) is 22.5 Å². The van der Waals surface area contributed by atoms with Crippen molar-refractivity contribution in [1.29, 1.82) is 0 Å². The van der Waals surface area contributed by atoms with E-state index < -0.39 is 0 Å². The molecule has 4 heteroatoms. The van der Waals surface area contributed by atoms with Gasteiger partial charge in [0.25, 0.3) is 0 Å². The van der Waals surface area contributed by atoms with Crippen LogP contribution in [0, 0.1) is 12.7 Å². The van der Waals surface area contributed by atoms with Gasteiger partial charge in [0.15, 0.2) is 11.6 Å². The van der Waals surface area contributed by atoms with Gasteiger partial charge in [0, 0.05) is 0 Å². The fraction of sp³-hybridized carbons (Fsp3) is 0.0625. The first kappa shape index (κ1) is 12.4. The number of anilines is 1. The second-order valence-electron chi connectivity index (χ2n) is 4.62. The van der Waals surface area contributed by atoms with Gasteiger partial charge in [-0.25, -0.2) is 4.39 Å². The third-order valence-corrected chi connectivity index (χ3v) is 3.18. The molecule has 2 aromatic carbocycles. The SMILES string of the molecule is Cc1ccc(-c2c(N)noc2-c2ccccc2F)cc1. The van der Waals surface area contributed by atoms with Crippen molar-refractivity contribution in [2.45, 2.75) is 6.92 Å². The zero-order valence-electron chi connectivity index (χ0n) is 10.9. The average Bonchev–Trinajstić information content (AvgIpc) is 2.82. The smallest absolute Gasteiger partial charge is 0.179 e. The van der Waals surface area contributed by atoms with Gasteiger partial charge < -0.3 is 10.3 Å². The van der Waals surface area contributed by atoms with E-state index in [1.165, 1.54) is 6.07 Å². The molecular weight excluding hydrogens is 255 g/mol. The lowest BCUT2D eigenvalue weighted by Crippen LogP contribution is -1.90. The summed E-state index contributed by atoms with van der Waals surface area (Å²) in [6.07, 6.45) is 0. The van der Waals surface area contributed by atoms with E-state index in [0.29, 0.717) is 16.9 Å². The summed E-state index contributed by atoms with van der Waals surface area (Å²) in [5, 5.41) is 3.77. The summed E-state index contributed by atoms with van der Waals surface area (Å²) in [5.41, 5.74) is 8.84. The van der Waals surface area contributed by atoms with Crippen LogP contribution in [0.3, 0.4) is 0 Å². The molecule has 100 valence electrons. The van der Waals surface area contributed by atoms with Gasteiger partial charge in [0.05, 0.1) is 11.1 Å². The molecule has 3 aromatic rings. The van der Waals surface area contributed by atoms with Crippen LogP contribution in [-0.2, 0) is 0 Å². The topological polar surface area (TPSA) is 52.0 Å². The quantitative estimate of drug-likeness (QED) is 0.763. The summed E-state index contributed by atoms with van der Waals surface area (Å²) in [6.45, 7) is 2.00. The van der Waals surface area contributed by atoms with Gasteiger partial charge in [-0.1, -0.05) is 47.1 Å². The maximum Gasteiger partial charge on any atom is 0.179 e. The van der Waals surface area contributed by atoms with Crippen LogP contribution in [-0.4, -0.2) is 5.16 Å². The number of hydrogen-bond donors (Lipinski definition) is 1. The summed E-state index contributed by atoms with van der Waals surface area (Å²) >= 11 is 0. The number of benzene rings is 2. The third kappa shape index (κ3) is 2.05. The molecule has 0 saturated carbocycles. The zero-order chi connectivity index (χ0) is 14.1. The van der Waals surface area contributed by atoms with Crippen molar-refractivity contribution >= 4 is 5.82 Å². The molecule has 2 N–H and O–H groups in total.